The maximum Gasteiger partial charge on any atom is 0.303 e. The number of amides is 5. The molecule has 4 rings (SSSR count). The number of nitrogens with zero attached hydrogens (tertiary/aromatic N) is 2. The molecule has 1 unspecified atom stereocenters. The standard InChI is InChI=1S/C39H47FN6O8/c1-6-45(7-2)19-18-41-37(51)36-23(3)31(43-24(36)4)21-29-28-20-26(40)10-14-32(28)46(38(29)52)39(53)30(13-17-35(49)50)44-34(48)16-15-33(47)42-22-25-8-11-27(54-5)12-9-25/h8-12,14,20-21,30,43H,6-7,13,15-19,22H2,1-5H3,(H,41,51)(H,42,47)(H,44,48)(H,49,50)/b29-21-. The number of carbonyl (C=O) groups excluding carboxylic acids is 5. The van der Waals surface area contributed by atoms with Crippen LogP contribution in [0.1, 0.15) is 78.0 Å². The first-order valence-electron chi connectivity index (χ1n) is 17.8. The Bertz CT molecular complexity index is 1920. The Morgan fingerprint density at radius 2 is 1.67 bits per heavy atom. The fraction of sp³-hybridized carbons (Fsp3) is 0.385. The minimum absolute atomic E-state index is 0.0421. The van der Waals surface area contributed by atoms with E-state index < -0.39 is 47.9 Å². The monoisotopic (exact) mass is 746 g/mol. The Morgan fingerprint density at radius 3 is 2.31 bits per heavy atom. The van der Waals surface area contributed by atoms with Gasteiger partial charge in [0.15, 0.2) is 0 Å². The highest BCUT2D eigenvalue weighted by Gasteiger charge is 2.40. The first-order chi connectivity index (χ1) is 25.8. The van der Waals surface area contributed by atoms with E-state index in [2.05, 4.69) is 25.8 Å². The van der Waals surface area contributed by atoms with Crippen LogP contribution in [0.25, 0.3) is 11.6 Å². The van der Waals surface area contributed by atoms with Crippen LogP contribution in [0.3, 0.4) is 0 Å². The summed E-state index contributed by atoms with van der Waals surface area (Å²) in [5.41, 5.74) is 2.78. The smallest absolute Gasteiger partial charge is 0.303 e. The molecule has 1 aliphatic rings. The van der Waals surface area contributed by atoms with Crippen molar-refractivity contribution in [1.29, 1.82) is 0 Å². The highest BCUT2D eigenvalue weighted by Crippen LogP contribution is 2.39. The second kappa shape index (κ2) is 18.8. The number of anilines is 1. The van der Waals surface area contributed by atoms with Gasteiger partial charge in [-0.25, -0.2) is 9.29 Å². The number of fused-ring (bicyclic) bond motifs is 1. The van der Waals surface area contributed by atoms with Crippen molar-refractivity contribution in [3.63, 3.8) is 0 Å². The summed E-state index contributed by atoms with van der Waals surface area (Å²) in [4.78, 5) is 84.3. The number of aromatic amines is 1. The summed E-state index contributed by atoms with van der Waals surface area (Å²) in [6.07, 6.45) is 0.0387. The quantitative estimate of drug-likeness (QED) is 0.121. The van der Waals surface area contributed by atoms with Crippen LogP contribution in [0.15, 0.2) is 42.5 Å². The van der Waals surface area contributed by atoms with Crippen LogP contribution in [0.2, 0.25) is 0 Å². The summed E-state index contributed by atoms with van der Waals surface area (Å²) >= 11 is 0. The molecule has 0 saturated carbocycles. The number of carboxylic acids is 1. The van der Waals surface area contributed by atoms with Gasteiger partial charge in [0.1, 0.15) is 17.6 Å². The van der Waals surface area contributed by atoms with E-state index in [9.17, 15) is 38.3 Å². The van der Waals surface area contributed by atoms with Crippen molar-refractivity contribution >= 4 is 52.8 Å². The molecule has 288 valence electrons. The summed E-state index contributed by atoms with van der Waals surface area (Å²) in [7, 11) is 1.54. The lowest BCUT2D eigenvalue weighted by Gasteiger charge is -2.23. The number of rotatable bonds is 18. The first kappa shape index (κ1) is 40.9. The zero-order valence-electron chi connectivity index (χ0n) is 31.1. The molecule has 54 heavy (non-hydrogen) atoms. The van der Waals surface area contributed by atoms with Crippen molar-refractivity contribution in [2.75, 3.05) is 38.2 Å². The van der Waals surface area contributed by atoms with Crippen molar-refractivity contribution in [3.05, 3.63) is 81.9 Å². The number of aromatic nitrogens is 1. The van der Waals surface area contributed by atoms with E-state index in [1.165, 1.54) is 12.1 Å². The number of halogens is 1. The van der Waals surface area contributed by atoms with E-state index in [-0.39, 0.29) is 48.5 Å². The molecule has 0 bridgehead atoms. The summed E-state index contributed by atoms with van der Waals surface area (Å²) < 4.78 is 19.7. The largest absolute Gasteiger partial charge is 0.497 e. The molecule has 0 fully saturated rings. The number of carbonyl (C=O) groups is 6. The molecule has 2 heterocycles. The van der Waals surface area contributed by atoms with E-state index in [1.807, 2.05) is 13.8 Å². The van der Waals surface area contributed by atoms with Crippen molar-refractivity contribution in [2.24, 2.45) is 0 Å². The van der Waals surface area contributed by atoms with Gasteiger partial charge in [0.25, 0.3) is 17.7 Å². The average Bonchev–Trinajstić information content (AvgIpc) is 3.59. The van der Waals surface area contributed by atoms with Gasteiger partial charge in [-0.15, -0.1) is 0 Å². The summed E-state index contributed by atoms with van der Waals surface area (Å²) in [6, 6.07) is 9.04. The predicted octanol–water partition coefficient (Wildman–Crippen LogP) is 3.71. The Hall–Kier alpha value is -5.83. The number of benzene rings is 2. The molecule has 0 radical (unpaired) electrons. The number of hydrogen-bond donors (Lipinski definition) is 5. The Kier molecular flexibility index (Phi) is 14.2. The molecule has 1 aliphatic heterocycles. The molecular weight excluding hydrogens is 699 g/mol. The van der Waals surface area contributed by atoms with Crippen molar-refractivity contribution in [1.82, 2.24) is 25.8 Å². The fourth-order valence-corrected chi connectivity index (χ4v) is 6.19. The Labute approximate surface area is 313 Å². The molecular formula is C39H47FN6O8. The number of nitrogens with one attached hydrogen (secondary N) is 4. The number of aryl methyl sites for hydroxylation is 1. The van der Waals surface area contributed by atoms with Crippen LogP contribution in [0, 0.1) is 19.7 Å². The van der Waals surface area contributed by atoms with Gasteiger partial charge in [-0.1, -0.05) is 26.0 Å². The Morgan fingerprint density at radius 1 is 0.981 bits per heavy atom. The maximum atomic E-state index is 14.6. The fourth-order valence-electron chi connectivity index (χ4n) is 6.19. The number of H-pyrrole nitrogens is 1. The van der Waals surface area contributed by atoms with Crippen molar-refractivity contribution in [3.8, 4) is 5.75 Å². The number of aliphatic carboxylic acids is 1. The molecule has 0 spiro atoms. The predicted molar refractivity (Wildman–Crippen MR) is 200 cm³/mol. The summed E-state index contributed by atoms with van der Waals surface area (Å²) in [5.74, 6) is -4.44. The van der Waals surface area contributed by atoms with Gasteiger partial charge in [-0.3, -0.25) is 28.8 Å². The molecule has 14 nitrogen and oxygen atoms in total. The van der Waals surface area contributed by atoms with Gasteiger partial charge < -0.3 is 35.7 Å². The first-order valence-corrected chi connectivity index (χ1v) is 17.8. The summed E-state index contributed by atoms with van der Waals surface area (Å²) in [6.45, 7) is 10.5. The van der Waals surface area contributed by atoms with E-state index in [1.54, 1.807) is 45.2 Å². The van der Waals surface area contributed by atoms with Crippen LogP contribution in [-0.4, -0.2) is 89.8 Å². The number of carboxylic acid groups (broad SMARTS) is 1. The molecule has 3 aromatic rings. The number of ether oxygens (including phenoxy) is 1. The second-order valence-corrected chi connectivity index (χ2v) is 12.8. The number of imide groups is 1. The molecule has 5 amide bonds. The van der Waals surface area contributed by atoms with Gasteiger partial charge in [-0.05, 0) is 80.9 Å². The third kappa shape index (κ3) is 10.2. The molecule has 2 aromatic carbocycles. The average molecular weight is 747 g/mol. The van der Waals surface area contributed by atoms with Crippen LogP contribution >= 0.6 is 0 Å². The lowest BCUT2D eigenvalue weighted by molar-refractivity contribution is -0.137. The van der Waals surface area contributed by atoms with Crippen LogP contribution in [-0.2, 0) is 30.5 Å². The highest BCUT2D eigenvalue weighted by molar-refractivity contribution is 6.42. The van der Waals surface area contributed by atoms with Crippen molar-refractivity contribution in [2.45, 2.75) is 66.0 Å². The molecule has 0 saturated heterocycles. The zero-order valence-corrected chi connectivity index (χ0v) is 31.1. The topological polar surface area (TPSA) is 190 Å². The van der Waals surface area contributed by atoms with E-state index in [0.717, 1.165) is 35.7 Å². The normalized spacial score (nSPS) is 13.5. The SMILES string of the molecule is CCN(CC)CCNC(=O)c1c(C)[nH]c(/C=C2\C(=O)N(C(=O)C(CCC(=O)O)NC(=O)CCC(=O)NCc3ccc(OC)cc3)c3ccc(F)cc32)c1C. The highest BCUT2D eigenvalue weighted by atomic mass is 19.1. The molecule has 1 aromatic heterocycles. The zero-order chi connectivity index (χ0) is 39.5. The van der Waals surface area contributed by atoms with Gasteiger partial charge in [0.05, 0.1) is 23.9 Å². The van der Waals surface area contributed by atoms with Gasteiger partial charge >= 0.3 is 5.97 Å². The maximum absolute atomic E-state index is 14.6. The number of methoxy groups -OCH3 is 1. The van der Waals surface area contributed by atoms with Crippen molar-refractivity contribution < 1.29 is 43.0 Å². The second-order valence-electron chi connectivity index (χ2n) is 12.8. The minimum Gasteiger partial charge on any atom is -0.497 e. The number of likely N-dealkylation sites (N-methyl/N-ethyl adjacent to an activating group) is 1. The Balaban J connectivity index is 1.51. The van der Waals surface area contributed by atoms with E-state index >= 15 is 0 Å². The third-order valence-corrected chi connectivity index (χ3v) is 9.25. The third-order valence-electron chi connectivity index (χ3n) is 9.25. The number of hydrogen-bond acceptors (Lipinski definition) is 8. The van der Waals surface area contributed by atoms with Gasteiger partial charge in [0, 0.05) is 55.8 Å². The molecule has 15 heteroatoms. The van der Waals surface area contributed by atoms with Gasteiger partial charge in [0.2, 0.25) is 11.8 Å². The molecule has 0 aliphatic carbocycles. The van der Waals surface area contributed by atoms with E-state index in [4.69, 9.17) is 4.74 Å². The van der Waals surface area contributed by atoms with Crippen LogP contribution in [0.4, 0.5) is 10.1 Å². The van der Waals surface area contributed by atoms with Crippen LogP contribution in [0.5, 0.6) is 5.75 Å². The lowest BCUT2D eigenvalue weighted by Crippen LogP contribution is -2.50. The van der Waals surface area contributed by atoms with E-state index in [0.29, 0.717) is 41.4 Å². The molecule has 5 N–H and O–H groups in total. The minimum atomic E-state index is -1.46. The van der Waals surface area contributed by atoms with Crippen LogP contribution < -0.4 is 25.6 Å². The summed E-state index contributed by atoms with van der Waals surface area (Å²) in [5, 5.41) is 17.5. The lowest BCUT2D eigenvalue weighted by atomic mass is 10.0. The van der Waals surface area contributed by atoms with Gasteiger partial charge in [-0.2, -0.15) is 0 Å². The molecule has 1 atom stereocenters.